The molecule has 1 unspecified atom stereocenters. The van der Waals surface area contributed by atoms with Crippen molar-refractivity contribution in [3.63, 3.8) is 0 Å². The van der Waals surface area contributed by atoms with Gasteiger partial charge in [-0.15, -0.1) is 0 Å². The average molecular weight is 297 g/mol. The number of aryl methyl sites for hydroxylation is 2. The number of rotatable bonds is 2. The molecule has 0 aliphatic carbocycles. The van der Waals surface area contributed by atoms with Crippen molar-refractivity contribution >= 4 is 21.7 Å². The van der Waals surface area contributed by atoms with Gasteiger partial charge in [-0.2, -0.15) is 0 Å². The predicted octanol–water partition coefficient (Wildman–Crippen LogP) is 3.68. The van der Waals surface area contributed by atoms with E-state index in [1.807, 2.05) is 26.0 Å². The molecule has 1 aromatic carbocycles. The molecule has 1 aromatic rings. The summed E-state index contributed by atoms with van der Waals surface area (Å²) in [7, 11) is 0. The molecule has 0 amide bonds. The molecule has 17 heavy (non-hydrogen) atoms. The van der Waals surface area contributed by atoms with Crippen molar-refractivity contribution in [2.75, 3.05) is 13.2 Å². The number of Topliss-reactive ketones (excluding diaryl/α,β-unsaturated/α-hetero) is 1. The Morgan fingerprint density at radius 2 is 2.12 bits per heavy atom. The zero-order chi connectivity index (χ0) is 12.4. The monoisotopic (exact) mass is 296 g/mol. The van der Waals surface area contributed by atoms with E-state index in [9.17, 15) is 4.79 Å². The number of hydrogen-bond acceptors (Lipinski definition) is 2. The Labute approximate surface area is 110 Å². The molecule has 1 heterocycles. The van der Waals surface area contributed by atoms with Crippen molar-refractivity contribution in [3.8, 4) is 0 Å². The Morgan fingerprint density at radius 1 is 1.35 bits per heavy atom. The van der Waals surface area contributed by atoms with E-state index >= 15 is 0 Å². The van der Waals surface area contributed by atoms with Crippen molar-refractivity contribution in [2.45, 2.75) is 26.7 Å². The molecule has 0 saturated carbocycles. The van der Waals surface area contributed by atoms with Gasteiger partial charge in [0.05, 0.1) is 6.61 Å². The minimum Gasteiger partial charge on any atom is -0.381 e. The van der Waals surface area contributed by atoms with Gasteiger partial charge in [0.1, 0.15) is 0 Å². The van der Waals surface area contributed by atoms with Gasteiger partial charge >= 0.3 is 0 Å². The third-order valence-electron chi connectivity index (χ3n) is 3.30. The van der Waals surface area contributed by atoms with Crippen LogP contribution in [0.15, 0.2) is 16.6 Å². The first-order valence-electron chi connectivity index (χ1n) is 5.98. The van der Waals surface area contributed by atoms with Gasteiger partial charge in [-0.3, -0.25) is 4.79 Å². The topological polar surface area (TPSA) is 26.3 Å². The summed E-state index contributed by atoms with van der Waals surface area (Å²) in [6.07, 6.45) is 1.94. The number of carbonyl (C=O) groups is 1. The molecular weight excluding hydrogens is 280 g/mol. The Hall–Kier alpha value is -0.670. The summed E-state index contributed by atoms with van der Waals surface area (Å²) in [4.78, 5) is 12.4. The highest BCUT2D eigenvalue weighted by Gasteiger charge is 2.24. The van der Waals surface area contributed by atoms with Crippen molar-refractivity contribution in [2.24, 2.45) is 5.92 Å². The lowest BCUT2D eigenvalue weighted by Crippen LogP contribution is -2.25. The van der Waals surface area contributed by atoms with Crippen molar-refractivity contribution < 1.29 is 9.53 Å². The molecule has 1 aliphatic heterocycles. The predicted molar refractivity (Wildman–Crippen MR) is 71.5 cm³/mol. The molecule has 2 rings (SSSR count). The van der Waals surface area contributed by atoms with Gasteiger partial charge in [-0.25, -0.2) is 0 Å². The number of benzene rings is 1. The van der Waals surface area contributed by atoms with Crippen molar-refractivity contribution in [3.05, 3.63) is 33.3 Å². The number of carbonyl (C=O) groups excluding carboxylic acids is 1. The molecule has 1 atom stereocenters. The van der Waals surface area contributed by atoms with Crippen LogP contribution in [0.3, 0.4) is 0 Å². The van der Waals surface area contributed by atoms with Crippen LogP contribution >= 0.6 is 15.9 Å². The molecule has 0 bridgehead atoms. The third kappa shape index (κ3) is 2.78. The standard InChI is InChI=1S/C14H17BrO2/c1-9-7-13(15)10(2)6-12(9)14(16)11-4-3-5-17-8-11/h6-7,11H,3-5,8H2,1-2H3. The van der Waals surface area contributed by atoms with Gasteiger partial charge in [0.15, 0.2) is 5.78 Å². The molecule has 3 heteroatoms. The van der Waals surface area contributed by atoms with Crippen molar-refractivity contribution in [1.82, 2.24) is 0 Å². The van der Waals surface area contributed by atoms with E-state index in [1.165, 1.54) is 0 Å². The number of halogens is 1. The summed E-state index contributed by atoms with van der Waals surface area (Å²) < 4.78 is 6.45. The molecule has 92 valence electrons. The van der Waals surface area contributed by atoms with E-state index in [4.69, 9.17) is 4.74 Å². The van der Waals surface area contributed by atoms with E-state index in [2.05, 4.69) is 15.9 Å². The fourth-order valence-electron chi connectivity index (χ4n) is 2.21. The SMILES string of the molecule is Cc1cc(C(=O)C2CCCOC2)c(C)cc1Br. The number of ketones is 1. The largest absolute Gasteiger partial charge is 0.381 e. The maximum atomic E-state index is 12.4. The second kappa shape index (κ2) is 5.32. The number of ether oxygens (including phenoxy) is 1. The van der Waals surface area contributed by atoms with Crippen LogP contribution in [-0.2, 0) is 4.74 Å². The smallest absolute Gasteiger partial charge is 0.168 e. The molecule has 0 N–H and O–H groups in total. The van der Waals surface area contributed by atoms with Crippen LogP contribution in [0.4, 0.5) is 0 Å². The van der Waals surface area contributed by atoms with Gasteiger partial charge in [0.25, 0.3) is 0 Å². The third-order valence-corrected chi connectivity index (χ3v) is 4.16. The van der Waals surface area contributed by atoms with Crippen LogP contribution < -0.4 is 0 Å². The first kappa shape index (κ1) is 12.8. The summed E-state index contributed by atoms with van der Waals surface area (Å²) >= 11 is 3.49. The van der Waals surface area contributed by atoms with Gasteiger partial charge in [0.2, 0.25) is 0 Å². The van der Waals surface area contributed by atoms with E-state index in [1.54, 1.807) is 0 Å². The minimum absolute atomic E-state index is 0.0445. The lowest BCUT2D eigenvalue weighted by atomic mass is 9.90. The molecule has 0 aromatic heterocycles. The van der Waals surface area contributed by atoms with Crippen LogP contribution in [0, 0.1) is 19.8 Å². The van der Waals surface area contributed by atoms with Gasteiger partial charge in [0, 0.05) is 22.6 Å². The second-order valence-corrected chi connectivity index (χ2v) is 5.55. The molecular formula is C14H17BrO2. The van der Waals surface area contributed by atoms with Crippen LogP contribution in [0.2, 0.25) is 0 Å². The molecule has 1 aliphatic rings. The molecule has 0 radical (unpaired) electrons. The maximum Gasteiger partial charge on any atom is 0.168 e. The Bertz CT molecular complexity index is 434. The van der Waals surface area contributed by atoms with Gasteiger partial charge in [-0.05, 0) is 49.9 Å². The normalized spacial score (nSPS) is 20.3. The Kier molecular flexibility index (Phi) is 4.00. The molecule has 1 fully saturated rings. The Morgan fingerprint density at radius 3 is 2.76 bits per heavy atom. The lowest BCUT2D eigenvalue weighted by Gasteiger charge is -2.21. The summed E-state index contributed by atoms with van der Waals surface area (Å²) in [6, 6.07) is 4.00. The first-order valence-corrected chi connectivity index (χ1v) is 6.77. The summed E-state index contributed by atoms with van der Waals surface area (Å²) in [5.74, 6) is 0.279. The maximum absolute atomic E-state index is 12.4. The first-order chi connectivity index (χ1) is 8.09. The van der Waals surface area contributed by atoms with Crippen LogP contribution in [0.5, 0.6) is 0 Å². The van der Waals surface area contributed by atoms with E-state index in [0.29, 0.717) is 6.61 Å². The highest BCUT2D eigenvalue weighted by molar-refractivity contribution is 9.10. The zero-order valence-electron chi connectivity index (χ0n) is 10.3. The summed E-state index contributed by atoms with van der Waals surface area (Å²) in [6.45, 7) is 5.37. The fraction of sp³-hybridized carbons (Fsp3) is 0.500. The van der Waals surface area contributed by atoms with E-state index < -0.39 is 0 Å². The minimum atomic E-state index is 0.0445. The summed E-state index contributed by atoms with van der Waals surface area (Å²) in [5.41, 5.74) is 3.00. The van der Waals surface area contributed by atoms with Gasteiger partial charge < -0.3 is 4.74 Å². The second-order valence-electron chi connectivity index (χ2n) is 4.69. The molecule has 2 nitrogen and oxygen atoms in total. The van der Waals surface area contributed by atoms with E-state index in [0.717, 1.165) is 40.6 Å². The highest BCUT2D eigenvalue weighted by atomic mass is 79.9. The van der Waals surface area contributed by atoms with Crippen molar-refractivity contribution in [1.29, 1.82) is 0 Å². The molecule has 1 saturated heterocycles. The van der Waals surface area contributed by atoms with Gasteiger partial charge in [-0.1, -0.05) is 15.9 Å². The molecule has 0 spiro atoms. The zero-order valence-corrected chi connectivity index (χ0v) is 11.8. The van der Waals surface area contributed by atoms with Crippen LogP contribution in [0.1, 0.15) is 34.3 Å². The van der Waals surface area contributed by atoms with E-state index in [-0.39, 0.29) is 11.7 Å². The average Bonchev–Trinajstić information content (AvgIpc) is 2.34. The lowest BCUT2D eigenvalue weighted by molar-refractivity contribution is 0.0461. The highest BCUT2D eigenvalue weighted by Crippen LogP contribution is 2.25. The quantitative estimate of drug-likeness (QED) is 0.778. The fourth-order valence-corrected chi connectivity index (χ4v) is 2.67. The number of hydrogen-bond donors (Lipinski definition) is 0. The Balaban J connectivity index is 2.26. The van der Waals surface area contributed by atoms with Crippen LogP contribution in [0.25, 0.3) is 0 Å². The summed E-state index contributed by atoms with van der Waals surface area (Å²) in [5, 5.41) is 0. The van der Waals surface area contributed by atoms with Crippen LogP contribution in [-0.4, -0.2) is 19.0 Å².